The van der Waals surface area contributed by atoms with Crippen LogP contribution in [0.5, 0.6) is 0 Å². The first-order chi connectivity index (χ1) is 11.8. The molecule has 1 heterocycles. The number of esters is 1. The van der Waals surface area contributed by atoms with Gasteiger partial charge >= 0.3 is 5.97 Å². The molecule has 1 aliphatic heterocycles. The van der Waals surface area contributed by atoms with E-state index in [0.29, 0.717) is 12.2 Å². The van der Waals surface area contributed by atoms with E-state index in [4.69, 9.17) is 14.6 Å². The van der Waals surface area contributed by atoms with E-state index < -0.39 is 61.8 Å². The summed E-state index contributed by atoms with van der Waals surface area (Å²) in [7, 11) is 1.22. The van der Waals surface area contributed by atoms with Gasteiger partial charge in [0.1, 0.15) is 37.1 Å². The summed E-state index contributed by atoms with van der Waals surface area (Å²) in [6.45, 7) is -1.21. The Morgan fingerprint density at radius 2 is 2.00 bits per heavy atom. The van der Waals surface area contributed by atoms with Crippen molar-refractivity contribution < 1.29 is 44.2 Å². The van der Waals surface area contributed by atoms with E-state index in [-0.39, 0.29) is 0 Å². The monoisotopic (exact) mass is 383 g/mol. The number of rotatable bonds is 10. The molecule has 1 amide bonds. The number of carbonyl (C=O) groups excluding carboxylic acids is 2. The molecule has 0 radical (unpaired) electrons. The molecule has 146 valence electrons. The van der Waals surface area contributed by atoms with Gasteiger partial charge in [0.05, 0.1) is 13.7 Å². The predicted molar refractivity (Wildman–Crippen MR) is 86.7 cm³/mol. The van der Waals surface area contributed by atoms with Gasteiger partial charge < -0.3 is 40.0 Å². The van der Waals surface area contributed by atoms with Crippen LogP contribution in [0.2, 0.25) is 0 Å². The molecule has 0 bridgehead atoms. The maximum Gasteiger partial charge on any atom is 0.328 e. The molecule has 0 spiro atoms. The fourth-order valence-corrected chi connectivity index (χ4v) is 2.72. The molecule has 1 saturated heterocycles. The highest BCUT2D eigenvalue weighted by molar-refractivity contribution is 7.98. The number of hydrogen-bond donors (Lipinski definition) is 5. The van der Waals surface area contributed by atoms with E-state index >= 15 is 0 Å². The third-order valence-electron chi connectivity index (χ3n) is 3.63. The average Bonchev–Trinajstić information content (AvgIpc) is 2.90. The normalized spacial score (nSPS) is 28.4. The van der Waals surface area contributed by atoms with Gasteiger partial charge in [0.2, 0.25) is 5.91 Å². The molecule has 0 aromatic heterocycles. The summed E-state index contributed by atoms with van der Waals surface area (Å²) >= 11 is 1.51. The zero-order valence-corrected chi connectivity index (χ0v) is 14.8. The summed E-state index contributed by atoms with van der Waals surface area (Å²) in [5.41, 5.74) is 0. The zero-order valence-electron chi connectivity index (χ0n) is 14.0. The van der Waals surface area contributed by atoms with E-state index in [1.54, 1.807) is 0 Å². The Labute approximate surface area is 149 Å². The molecule has 1 aliphatic rings. The first-order valence-electron chi connectivity index (χ1n) is 7.63. The predicted octanol–water partition coefficient (Wildman–Crippen LogP) is -2.79. The number of aliphatic hydroxyl groups excluding tert-OH is 4. The van der Waals surface area contributed by atoms with Crippen LogP contribution in [-0.2, 0) is 23.8 Å². The second kappa shape index (κ2) is 10.9. The van der Waals surface area contributed by atoms with Gasteiger partial charge in [0.15, 0.2) is 6.29 Å². The molecule has 6 atom stereocenters. The molecule has 0 unspecified atom stereocenters. The van der Waals surface area contributed by atoms with Crippen molar-refractivity contribution in [1.82, 2.24) is 5.32 Å². The average molecular weight is 383 g/mol. The molecule has 0 aliphatic carbocycles. The molecular formula is C14H25NO9S. The Balaban J connectivity index is 2.50. The van der Waals surface area contributed by atoms with Gasteiger partial charge in [-0.2, -0.15) is 11.8 Å². The summed E-state index contributed by atoms with van der Waals surface area (Å²) in [5, 5.41) is 40.4. The number of aliphatic hydroxyl groups is 4. The lowest BCUT2D eigenvalue weighted by atomic mass is 10.1. The second-order valence-electron chi connectivity index (χ2n) is 5.44. The van der Waals surface area contributed by atoms with E-state index in [0.717, 1.165) is 0 Å². The standard InChI is InChI=1S/C14H25NO9S/c1-22-13(21)7(3-4-25-2)15-9(18)6-23-14-11(20)10(19)12(24-14)8(17)5-16/h7-8,10-12,14,16-17,19-20H,3-6H2,1-2H3,(H,15,18)/t7-,8-,10-,11+,12-,14+/m1/s1. The molecule has 5 N–H and O–H groups in total. The van der Waals surface area contributed by atoms with Gasteiger partial charge in [0.25, 0.3) is 0 Å². The van der Waals surface area contributed by atoms with Crippen molar-refractivity contribution in [1.29, 1.82) is 0 Å². The molecule has 11 heteroatoms. The Kier molecular flexibility index (Phi) is 9.64. The number of thioether (sulfide) groups is 1. The summed E-state index contributed by atoms with van der Waals surface area (Å²) < 4.78 is 14.8. The molecule has 0 saturated carbocycles. The molecule has 0 aromatic carbocycles. The van der Waals surface area contributed by atoms with Crippen molar-refractivity contribution in [2.75, 3.05) is 32.3 Å². The second-order valence-corrected chi connectivity index (χ2v) is 6.42. The molecule has 10 nitrogen and oxygen atoms in total. The lowest BCUT2D eigenvalue weighted by Crippen LogP contribution is -2.44. The Bertz CT molecular complexity index is 439. The van der Waals surface area contributed by atoms with Crippen LogP contribution in [0.1, 0.15) is 6.42 Å². The number of amides is 1. The van der Waals surface area contributed by atoms with Crippen LogP contribution in [0, 0.1) is 0 Å². The van der Waals surface area contributed by atoms with Crippen molar-refractivity contribution in [3.8, 4) is 0 Å². The highest BCUT2D eigenvalue weighted by atomic mass is 32.2. The minimum absolute atomic E-state index is 0.381. The third kappa shape index (κ3) is 6.37. The Morgan fingerprint density at radius 3 is 2.56 bits per heavy atom. The van der Waals surface area contributed by atoms with Gasteiger partial charge in [0, 0.05) is 0 Å². The molecule has 0 aromatic rings. The van der Waals surface area contributed by atoms with Crippen molar-refractivity contribution in [3.63, 3.8) is 0 Å². The first kappa shape index (κ1) is 22.1. The lowest BCUT2D eigenvalue weighted by molar-refractivity contribution is -0.184. The van der Waals surface area contributed by atoms with Crippen LogP contribution in [0.4, 0.5) is 0 Å². The van der Waals surface area contributed by atoms with E-state index in [2.05, 4.69) is 10.1 Å². The van der Waals surface area contributed by atoms with Crippen LogP contribution in [-0.4, -0.2) is 101 Å². The fraction of sp³-hybridized carbons (Fsp3) is 0.857. The first-order valence-corrected chi connectivity index (χ1v) is 9.03. The van der Waals surface area contributed by atoms with Gasteiger partial charge in [-0.3, -0.25) is 4.79 Å². The van der Waals surface area contributed by atoms with Gasteiger partial charge in [-0.15, -0.1) is 0 Å². The van der Waals surface area contributed by atoms with Crippen LogP contribution in [0.3, 0.4) is 0 Å². The van der Waals surface area contributed by atoms with E-state index in [1.165, 1.54) is 18.9 Å². The topological polar surface area (TPSA) is 155 Å². The van der Waals surface area contributed by atoms with Crippen LogP contribution < -0.4 is 5.32 Å². The minimum atomic E-state index is -1.49. The van der Waals surface area contributed by atoms with Crippen molar-refractivity contribution in [2.45, 2.75) is 43.2 Å². The Morgan fingerprint density at radius 1 is 1.32 bits per heavy atom. The van der Waals surface area contributed by atoms with Gasteiger partial charge in [-0.1, -0.05) is 0 Å². The number of nitrogens with one attached hydrogen (secondary N) is 1. The van der Waals surface area contributed by atoms with Crippen molar-refractivity contribution >= 4 is 23.6 Å². The maximum atomic E-state index is 11.9. The molecule has 1 rings (SSSR count). The highest BCUT2D eigenvalue weighted by Crippen LogP contribution is 2.24. The van der Waals surface area contributed by atoms with Gasteiger partial charge in [-0.25, -0.2) is 4.79 Å². The minimum Gasteiger partial charge on any atom is -0.467 e. The molecule has 1 fully saturated rings. The van der Waals surface area contributed by atoms with Crippen LogP contribution in [0.15, 0.2) is 0 Å². The highest BCUT2D eigenvalue weighted by Gasteiger charge is 2.46. The van der Waals surface area contributed by atoms with Crippen molar-refractivity contribution in [3.05, 3.63) is 0 Å². The quantitative estimate of drug-likeness (QED) is 0.250. The number of hydrogen-bond acceptors (Lipinski definition) is 10. The largest absolute Gasteiger partial charge is 0.467 e. The number of ether oxygens (including phenoxy) is 3. The number of carbonyl (C=O) groups is 2. The lowest BCUT2D eigenvalue weighted by Gasteiger charge is -2.19. The smallest absolute Gasteiger partial charge is 0.328 e. The van der Waals surface area contributed by atoms with Crippen LogP contribution >= 0.6 is 11.8 Å². The Hall–Kier alpha value is -0.950. The maximum absolute atomic E-state index is 11.9. The SMILES string of the molecule is COC(=O)[C@@H](CCSC)NC(=O)CO[C@H]1O[C@H]([C@H](O)CO)[C@H](O)[C@@H]1O. The summed E-state index contributed by atoms with van der Waals surface area (Å²) in [4.78, 5) is 23.5. The van der Waals surface area contributed by atoms with Crippen molar-refractivity contribution in [2.24, 2.45) is 0 Å². The van der Waals surface area contributed by atoms with Gasteiger partial charge in [-0.05, 0) is 18.4 Å². The van der Waals surface area contributed by atoms with Crippen LogP contribution in [0.25, 0.3) is 0 Å². The third-order valence-corrected chi connectivity index (χ3v) is 4.28. The fourth-order valence-electron chi connectivity index (χ4n) is 2.25. The zero-order chi connectivity index (χ0) is 19.0. The molecular weight excluding hydrogens is 358 g/mol. The summed E-state index contributed by atoms with van der Waals surface area (Å²) in [6, 6.07) is -0.822. The van der Waals surface area contributed by atoms with E-state index in [1.807, 2.05) is 6.26 Å². The molecule has 25 heavy (non-hydrogen) atoms. The van der Waals surface area contributed by atoms with E-state index in [9.17, 15) is 24.9 Å². The summed E-state index contributed by atoms with van der Waals surface area (Å²) in [5.74, 6) is -0.577. The summed E-state index contributed by atoms with van der Waals surface area (Å²) in [6.07, 6.45) is -4.72. The number of methoxy groups -OCH3 is 1.